The fourth-order valence-corrected chi connectivity index (χ4v) is 3.21. The van der Waals surface area contributed by atoms with Gasteiger partial charge in [-0.05, 0) is 5.56 Å². The zero-order chi connectivity index (χ0) is 15.5. The monoisotopic (exact) mass is 316 g/mol. The van der Waals surface area contributed by atoms with E-state index < -0.39 is 0 Å². The van der Waals surface area contributed by atoms with Crippen molar-refractivity contribution in [3.8, 4) is 0 Å². The van der Waals surface area contributed by atoms with Crippen LogP contribution < -0.4 is 10.2 Å². The predicted octanol–water partition coefficient (Wildman–Crippen LogP) is 1.94. The molecule has 3 rings (SSSR count). The summed E-state index contributed by atoms with van der Waals surface area (Å²) in [5.41, 5.74) is 1.10. The lowest BCUT2D eigenvalue weighted by molar-refractivity contribution is 0.0967. The van der Waals surface area contributed by atoms with Crippen LogP contribution in [0.2, 0.25) is 0 Å². The number of hydrogen-bond acceptors (Lipinski definition) is 4. The lowest BCUT2D eigenvalue weighted by Gasteiger charge is -2.16. The van der Waals surface area contributed by atoms with Crippen molar-refractivity contribution in [1.82, 2.24) is 15.2 Å². The molecular formula is C15H16N4O2S. The van der Waals surface area contributed by atoms with Gasteiger partial charge in [-0.2, -0.15) is 0 Å². The Kier molecular flexibility index (Phi) is 4.06. The Labute approximate surface area is 132 Å². The number of carbonyl (C=O) groups is 2. The molecule has 1 aromatic carbocycles. The number of rotatable bonds is 4. The van der Waals surface area contributed by atoms with Crippen LogP contribution in [0, 0.1) is 0 Å². The second-order valence-electron chi connectivity index (χ2n) is 4.93. The molecule has 6 nitrogen and oxygen atoms in total. The predicted molar refractivity (Wildman–Crippen MR) is 85.1 cm³/mol. The third-order valence-electron chi connectivity index (χ3n) is 3.49. The molecule has 0 saturated carbocycles. The Balaban J connectivity index is 1.71. The Morgan fingerprint density at radius 3 is 2.82 bits per heavy atom. The summed E-state index contributed by atoms with van der Waals surface area (Å²) in [7, 11) is 1.57. The summed E-state index contributed by atoms with van der Waals surface area (Å²) in [5, 5.41) is 3.12. The van der Waals surface area contributed by atoms with E-state index in [1.54, 1.807) is 16.8 Å². The molecule has 2 aromatic rings. The lowest BCUT2D eigenvalue weighted by Crippen LogP contribution is -2.31. The Morgan fingerprint density at radius 2 is 2.09 bits per heavy atom. The van der Waals surface area contributed by atoms with E-state index in [1.807, 2.05) is 30.3 Å². The van der Waals surface area contributed by atoms with Crippen LogP contribution in [-0.2, 0) is 6.54 Å². The van der Waals surface area contributed by atoms with Gasteiger partial charge in [-0.3, -0.25) is 9.69 Å². The van der Waals surface area contributed by atoms with Crippen LogP contribution in [0.4, 0.5) is 9.93 Å². The molecule has 0 unspecified atom stereocenters. The van der Waals surface area contributed by atoms with Crippen molar-refractivity contribution in [2.45, 2.75) is 6.54 Å². The highest BCUT2D eigenvalue weighted by atomic mass is 32.1. The minimum absolute atomic E-state index is 0.0679. The Morgan fingerprint density at radius 1 is 1.32 bits per heavy atom. The average Bonchev–Trinajstić information content (AvgIpc) is 3.16. The van der Waals surface area contributed by atoms with E-state index in [0.29, 0.717) is 29.6 Å². The SMILES string of the molecule is CNC(=O)c1cnc(N2CCN(Cc3ccccc3)C2=O)s1. The Bertz CT molecular complexity index is 686. The van der Waals surface area contributed by atoms with Crippen molar-refractivity contribution in [2.75, 3.05) is 25.0 Å². The largest absolute Gasteiger partial charge is 0.354 e. The van der Waals surface area contributed by atoms with E-state index >= 15 is 0 Å². The number of anilines is 1. The highest BCUT2D eigenvalue weighted by Crippen LogP contribution is 2.26. The third-order valence-corrected chi connectivity index (χ3v) is 4.51. The number of benzene rings is 1. The molecule has 0 spiro atoms. The van der Waals surface area contributed by atoms with E-state index in [0.717, 1.165) is 5.56 Å². The van der Waals surface area contributed by atoms with Crippen LogP contribution in [0.15, 0.2) is 36.5 Å². The van der Waals surface area contributed by atoms with Gasteiger partial charge >= 0.3 is 6.03 Å². The zero-order valence-corrected chi connectivity index (χ0v) is 13.0. The summed E-state index contributed by atoms with van der Waals surface area (Å²) >= 11 is 1.23. The topological polar surface area (TPSA) is 65.5 Å². The Hall–Kier alpha value is -2.41. The second kappa shape index (κ2) is 6.15. The van der Waals surface area contributed by atoms with Crippen molar-refractivity contribution < 1.29 is 9.59 Å². The summed E-state index contributed by atoms with van der Waals surface area (Å²) in [6.07, 6.45) is 1.51. The molecule has 22 heavy (non-hydrogen) atoms. The molecule has 0 radical (unpaired) electrons. The second-order valence-corrected chi connectivity index (χ2v) is 5.94. The van der Waals surface area contributed by atoms with Crippen molar-refractivity contribution in [2.24, 2.45) is 0 Å². The van der Waals surface area contributed by atoms with E-state index in [-0.39, 0.29) is 11.9 Å². The number of urea groups is 1. The van der Waals surface area contributed by atoms with Crippen LogP contribution in [0.5, 0.6) is 0 Å². The van der Waals surface area contributed by atoms with Crippen LogP contribution in [0.25, 0.3) is 0 Å². The fourth-order valence-electron chi connectivity index (χ4n) is 2.33. The maximum absolute atomic E-state index is 12.5. The zero-order valence-electron chi connectivity index (χ0n) is 12.2. The number of carbonyl (C=O) groups excluding carboxylic acids is 2. The molecule has 1 N–H and O–H groups in total. The van der Waals surface area contributed by atoms with Gasteiger partial charge in [0.15, 0.2) is 5.13 Å². The normalized spacial score (nSPS) is 14.5. The number of aromatic nitrogens is 1. The molecule has 1 aliphatic rings. The minimum Gasteiger partial charge on any atom is -0.354 e. The smallest absolute Gasteiger partial charge is 0.326 e. The highest BCUT2D eigenvalue weighted by Gasteiger charge is 2.31. The molecule has 7 heteroatoms. The van der Waals surface area contributed by atoms with Gasteiger partial charge in [-0.15, -0.1) is 0 Å². The van der Waals surface area contributed by atoms with Gasteiger partial charge in [0.1, 0.15) is 4.88 Å². The van der Waals surface area contributed by atoms with Gasteiger partial charge in [0, 0.05) is 26.7 Å². The number of thiazole rings is 1. The van der Waals surface area contributed by atoms with Crippen molar-refractivity contribution in [3.05, 3.63) is 47.0 Å². The van der Waals surface area contributed by atoms with E-state index in [9.17, 15) is 9.59 Å². The van der Waals surface area contributed by atoms with Crippen molar-refractivity contribution in [1.29, 1.82) is 0 Å². The fraction of sp³-hybridized carbons (Fsp3) is 0.267. The van der Waals surface area contributed by atoms with Crippen LogP contribution in [-0.4, -0.2) is 42.0 Å². The summed E-state index contributed by atoms with van der Waals surface area (Å²) in [5.74, 6) is -0.184. The van der Waals surface area contributed by atoms with Crippen molar-refractivity contribution in [3.63, 3.8) is 0 Å². The summed E-state index contributed by atoms with van der Waals surface area (Å²) in [4.78, 5) is 32.2. The first-order valence-corrected chi connectivity index (χ1v) is 7.79. The van der Waals surface area contributed by atoms with E-state index in [1.165, 1.54) is 17.5 Å². The van der Waals surface area contributed by atoms with Gasteiger partial charge in [0.2, 0.25) is 0 Å². The molecular weight excluding hydrogens is 300 g/mol. The molecule has 1 saturated heterocycles. The standard InChI is InChI=1S/C15H16N4O2S/c1-16-13(20)12-9-17-14(22-12)19-8-7-18(15(19)21)10-11-5-3-2-4-6-11/h2-6,9H,7-8,10H2,1H3,(H,16,20). The molecule has 1 fully saturated rings. The van der Waals surface area contributed by atoms with Gasteiger partial charge in [-0.1, -0.05) is 41.7 Å². The maximum Gasteiger partial charge on any atom is 0.326 e. The summed E-state index contributed by atoms with van der Waals surface area (Å²) in [6.45, 7) is 1.83. The third kappa shape index (κ3) is 2.80. The molecule has 0 atom stereocenters. The van der Waals surface area contributed by atoms with Crippen LogP contribution >= 0.6 is 11.3 Å². The lowest BCUT2D eigenvalue weighted by atomic mass is 10.2. The van der Waals surface area contributed by atoms with Gasteiger partial charge in [-0.25, -0.2) is 9.78 Å². The molecule has 0 aliphatic carbocycles. The van der Waals surface area contributed by atoms with E-state index in [2.05, 4.69) is 10.3 Å². The first-order valence-electron chi connectivity index (χ1n) is 6.97. The highest BCUT2D eigenvalue weighted by molar-refractivity contribution is 7.17. The van der Waals surface area contributed by atoms with Crippen LogP contribution in [0.1, 0.15) is 15.2 Å². The van der Waals surface area contributed by atoms with Gasteiger partial charge < -0.3 is 10.2 Å². The van der Waals surface area contributed by atoms with Gasteiger partial charge in [0.25, 0.3) is 5.91 Å². The number of hydrogen-bond donors (Lipinski definition) is 1. The summed E-state index contributed by atoms with van der Waals surface area (Å²) in [6, 6.07) is 9.82. The molecule has 1 aliphatic heterocycles. The minimum atomic E-state index is -0.184. The molecule has 114 valence electrons. The number of amides is 3. The van der Waals surface area contributed by atoms with Crippen molar-refractivity contribution >= 4 is 28.4 Å². The summed E-state index contributed by atoms with van der Waals surface area (Å²) < 4.78 is 0. The first kappa shape index (κ1) is 14.5. The molecule has 1 aromatic heterocycles. The first-order chi connectivity index (χ1) is 10.7. The number of nitrogens with zero attached hydrogens (tertiary/aromatic N) is 3. The molecule has 2 heterocycles. The quantitative estimate of drug-likeness (QED) is 0.937. The molecule has 0 bridgehead atoms. The molecule has 3 amide bonds. The van der Waals surface area contributed by atoms with E-state index in [4.69, 9.17) is 0 Å². The van der Waals surface area contributed by atoms with Gasteiger partial charge in [0.05, 0.1) is 6.20 Å². The number of nitrogens with one attached hydrogen (secondary N) is 1. The van der Waals surface area contributed by atoms with Crippen LogP contribution in [0.3, 0.4) is 0 Å². The average molecular weight is 316 g/mol. The maximum atomic E-state index is 12.5.